The SMILES string of the molecule is COC(=O)C1=C(C)N(Cc2ccccc2)C(=NCc2cccc(C(F)(F)F)c2)N[C@H]1c1cccc(C(F)(F)F)c1. The fourth-order valence-corrected chi connectivity index (χ4v) is 4.42. The zero-order chi connectivity index (χ0) is 29.1. The number of benzene rings is 3. The van der Waals surface area contributed by atoms with E-state index in [0.29, 0.717) is 5.70 Å². The van der Waals surface area contributed by atoms with Gasteiger partial charge in [-0.3, -0.25) is 0 Å². The van der Waals surface area contributed by atoms with Gasteiger partial charge in [0.2, 0.25) is 0 Å². The molecule has 0 bridgehead atoms. The number of aliphatic imine (C=N–C) groups is 1. The number of hydrogen-bond acceptors (Lipinski definition) is 3. The monoisotopic (exact) mass is 561 g/mol. The molecule has 0 saturated heterocycles. The predicted molar refractivity (Wildman–Crippen MR) is 137 cm³/mol. The van der Waals surface area contributed by atoms with Crippen molar-refractivity contribution in [3.05, 3.63) is 118 Å². The van der Waals surface area contributed by atoms with Gasteiger partial charge >= 0.3 is 18.3 Å². The summed E-state index contributed by atoms with van der Waals surface area (Å²) in [5.74, 6) is -0.573. The number of hydrogen-bond donors (Lipinski definition) is 1. The molecule has 11 heteroatoms. The molecule has 210 valence electrons. The second kappa shape index (κ2) is 11.4. The molecule has 0 radical (unpaired) electrons. The van der Waals surface area contributed by atoms with Gasteiger partial charge in [-0.25, -0.2) is 9.79 Å². The van der Waals surface area contributed by atoms with Crippen LogP contribution in [0.2, 0.25) is 0 Å². The minimum absolute atomic E-state index is 0.0794. The fourth-order valence-electron chi connectivity index (χ4n) is 4.42. The highest BCUT2D eigenvalue weighted by Crippen LogP contribution is 2.36. The van der Waals surface area contributed by atoms with Crippen LogP contribution in [0.1, 0.15) is 40.8 Å². The Kier molecular flexibility index (Phi) is 8.22. The standard InChI is InChI=1S/C29H25F6N3O2/c1-18-24(26(39)40-2)25(21-11-7-13-23(15-21)29(33,34)35)37-27(38(18)17-19-8-4-3-5-9-19)36-16-20-10-6-12-22(14-20)28(30,31)32/h3-15,25H,16-17H2,1-2H3,(H,36,37)/t25-/m0/s1. The number of alkyl halides is 6. The quantitative estimate of drug-likeness (QED) is 0.264. The van der Waals surface area contributed by atoms with Crippen LogP contribution in [0.25, 0.3) is 0 Å². The molecule has 0 amide bonds. The average molecular weight is 562 g/mol. The van der Waals surface area contributed by atoms with Gasteiger partial charge in [0, 0.05) is 5.70 Å². The first-order chi connectivity index (χ1) is 18.9. The molecule has 1 heterocycles. The maximum Gasteiger partial charge on any atom is 0.416 e. The second-order valence-corrected chi connectivity index (χ2v) is 9.10. The van der Waals surface area contributed by atoms with Gasteiger partial charge in [-0.05, 0) is 47.9 Å². The van der Waals surface area contributed by atoms with E-state index < -0.39 is 35.5 Å². The predicted octanol–water partition coefficient (Wildman–Crippen LogP) is 6.87. The van der Waals surface area contributed by atoms with E-state index in [0.717, 1.165) is 29.8 Å². The summed E-state index contributed by atoms with van der Waals surface area (Å²) in [5, 5.41) is 3.06. The van der Waals surface area contributed by atoms with Gasteiger partial charge in [0.1, 0.15) is 0 Å². The van der Waals surface area contributed by atoms with Crippen LogP contribution in [0.3, 0.4) is 0 Å². The fraction of sp³-hybridized carbons (Fsp3) is 0.241. The van der Waals surface area contributed by atoms with Crippen molar-refractivity contribution >= 4 is 11.9 Å². The molecule has 40 heavy (non-hydrogen) atoms. The lowest BCUT2D eigenvalue weighted by atomic mass is 9.93. The van der Waals surface area contributed by atoms with Crippen LogP contribution in [0.5, 0.6) is 0 Å². The first kappa shape index (κ1) is 28.7. The molecule has 1 atom stereocenters. The lowest BCUT2D eigenvalue weighted by molar-refractivity contribution is -0.138. The summed E-state index contributed by atoms with van der Waals surface area (Å²) < 4.78 is 85.2. The largest absolute Gasteiger partial charge is 0.466 e. The second-order valence-electron chi connectivity index (χ2n) is 9.10. The Morgan fingerprint density at radius 1 is 0.875 bits per heavy atom. The molecule has 0 aliphatic carbocycles. The van der Waals surface area contributed by atoms with Crippen molar-refractivity contribution in [2.45, 2.75) is 38.4 Å². The number of rotatable bonds is 6. The van der Waals surface area contributed by atoms with Crippen molar-refractivity contribution in [1.82, 2.24) is 10.2 Å². The summed E-state index contributed by atoms with van der Waals surface area (Å²) in [6.07, 6.45) is -9.15. The summed E-state index contributed by atoms with van der Waals surface area (Å²) in [7, 11) is 1.17. The van der Waals surface area contributed by atoms with Crippen LogP contribution in [-0.4, -0.2) is 23.9 Å². The normalized spacial score (nSPS) is 17.1. The Hall–Kier alpha value is -4.28. The van der Waals surface area contributed by atoms with Gasteiger partial charge < -0.3 is 15.0 Å². The van der Waals surface area contributed by atoms with Gasteiger partial charge in [0.05, 0.1) is 42.9 Å². The number of nitrogens with one attached hydrogen (secondary N) is 1. The highest BCUT2D eigenvalue weighted by molar-refractivity contribution is 5.96. The van der Waals surface area contributed by atoms with E-state index in [9.17, 15) is 31.1 Å². The third-order valence-electron chi connectivity index (χ3n) is 6.41. The molecule has 1 aliphatic heterocycles. The number of ether oxygens (including phenoxy) is 1. The Labute approximate surface area is 226 Å². The van der Waals surface area contributed by atoms with Crippen LogP contribution in [-0.2, 0) is 35.0 Å². The molecule has 0 fully saturated rings. The smallest absolute Gasteiger partial charge is 0.416 e. The minimum Gasteiger partial charge on any atom is -0.466 e. The zero-order valence-electron chi connectivity index (χ0n) is 21.5. The van der Waals surface area contributed by atoms with Crippen molar-refractivity contribution in [2.75, 3.05) is 7.11 Å². The first-order valence-electron chi connectivity index (χ1n) is 12.1. The number of methoxy groups -OCH3 is 1. The summed E-state index contributed by atoms with van der Waals surface area (Å²) >= 11 is 0. The number of carbonyl (C=O) groups is 1. The number of carbonyl (C=O) groups excluding carboxylic acids is 1. The molecule has 1 aliphatic rings. The maximum atomic E-state index is 13.5. The van der Waals surface area contributed by atoms with E-state index in [4.69, 9.17) is 4.74 Å². The Balaban J connectivity index is 1.82. The van der Waals surface area contributed by atoms with Crippen molar-refractivity contribution in [2.24, 2.45) is 4.99 Å². The lowest BCUT2D eigenvalue weighted by Crippen LogP contribution is -2.48. The molecule has 5 nitrogen and oxygen atoms in total. The van der Waals surface area contributed by atoms with Crippen molar-refractivity contribution < 1.29 is 35.9 Å². The maximum absolute atomic E-state index is 13.5. The molecule has 0 saturated carbocycles. The van der Waals surface area contributed by atoms with Crippen molar-refractivity contribution in [3.8, 4) is 0 Å². The summed E-state index contributed by atoms with van der Waals surface area (Å²) in [6, 6.07) is 17.3. The third-order valence-corrected chi connectivity index (χ3v) is 6.41. The van der Waals surface area contributed by atoms with Gasteiger partial charge in [0.15, 0.2) is 5.96 Å². The summed E-state index contributed by atoms with van der Waals surface area (Å²) in [5.41, 5.74) is -0.0234. The lowest BCUT2D eigenvalue weighted by Gasteiger charge is -2.38. The first-order valence-corrected chi connectivity index (χ1v) is 12.1. The number of guanidine groups is 1. The molecular weight excluding hydrogens is 536 g/mol. The van der Waals surface area contributed by atoms with Crippen molar-refractivity contribution in [1.29, 1.82) is 0 Å². The zero-order valence-corrected chi connectivity index (χ0v) is 21.5. The van der Waals surface area contributed by atoms with Crippen molar-refractivity contribution in [3.63, 3.8) is 0 Å². The highest BCUT2D eigenvalue weighted by Gasteiger charge is 2.37. The van der Waals surface area contributed by atoms with Crippen LogP contribution >= 0.6 is 0 Å². The molecule has 0 aromatic heterocycles. The van der Waals surface area contributed by atoms with Gasteiger partial charge in [-0.15, -0.1) is 0 Å². The van der Waals surface area contributed by atoms with E-state index >= 15 is 0 Å². The summed E-state index contributed by atoms with van der Waals surface area (Å²) in [4.78, 5) is 19.1. The number of allylic oxidation sites excluding steroid dienone is 1. The Morgan fingerprint density at radius 3 is 2.10 bits per heavy atom. The molecule has 3 aromatic rings. The topological polar surface area (TPSA) is 53.9 Å². The van der Waals surface area contributed by atoms with E-state index in [2.05, 4.69) is 10.3 Å². The van der Waals surface area contributed by atoms with Gasteiger partial charge in [-0.1, -0.05) is 54.6 Å². The summed E-state index contributed by atoms with van der Waals surface area (Å²) in [6.45, 7) is 1.68. The van der Waals surface area contributed by atoms with Crippen LogP contribution in [0, 0.1) is 0 Å². The molecule has 1 N–H and O–H groups in total. The van der Waals surface area contributed by atoms with Gasteiger partial charge in [0.25, 0.3) is 0 Å². The number of esters is 1. The van der Waals surface area contributed by atoms with E-state index in [1.165, 1.54) is 31.4 Å². The van der Waals surface area contributed by atoms with Crippen LogP contribution in [0.15, 0.2) is 95.1 Å². The molecule has 3 aromatic carbocycles. The third kappa shape index (κ3) is 6.47. The average Bonchev–Trinajstić information content (AvgIpc) is 2.92. The molecule has 4 rings (SSSR count). The highest BCUT2D eigenvalue weighted by atomic mass is 19.4. The minimum atomic E-state index is -4.62. The van der Waals surface area contributed by atoms with Crippen LogP contribution < -0.4 is 5.32 Å². The van der Waals surface area contributed by atoms with E-state index in [-0.39, 0.29) is 35.7 Å². The molecule has 0 unspecified atom stereocenters. The van der Waals surface area contributed by atoms with Gasteiger partial charge in [-0.2, -0.15) is 26.3 Å². The Morgan fingerprint density at radius 2 is 1.48 bits per heavy atom. The Bertz CT molecular complexity index is 1430. The molecular formula is C29H25F6N3O2. The van der Waals surface area contributed by atoms with Crippen LogP contribution in [0.4, 0.5) is 26.3 Å². The number of nitrogens with zero attached hydrogens (tertiary/aromatic N) is 2. The molecule has 0 spiro atoms. The van der Waals surface area contributed by atoms with E-state index in [1.807, 2.05) is 30.3 Å². The van der Waals surface area contributed by atoms with E-state index in [1.54, 1.807) is 11.8 Å². The number of halogens is 6.